The van der Waals surface area contributed by atoms with Gasteiger partial charge < -0.3 is 14.8 Å². The van der Waals surface area contributed by atoms with Gasteiger partial charge in [-0.15, -0.1) is 0 Å². The molecule has 1 fully saturated rings. The Morgan fingerprint density at radius 3 is 2.46 bits per heavy atom. The lowest BCUT2D eigenvalue weighted by Gasteiger charge is -2.23. The smallest absolute Gasteiger partial charge is 0.407 e. The Hall–Kier alpha value is -2.12. The van der Waals surface area contributed by atoms with Gasteiger partial charge in [-0.2, -0.15) is 0 Å². The second-order valence-corrected chi connectivity index (χ2v) is 8.15. The minimum absolute atomic E-state index is 0.184. The van der Waals surface area contributed by atoms with Crippen LogP contribution in [0.4, 0.5) is 4.79 Å². The van der Waals surface area contributed by atoms with E-state index in [1.807, 2.05) is 0 Å². The molecule has 0 aromatic rings. The van der Waals surface area contributed by atoms with Gasteiger partial charge in [0.05, 0.1) is 7.11 Å². The maximum Gasteiger partial charge on any atom is 0.407 e. The van der Waals surface area contributed by atoms with Crippen LogP contribution in [0.2, 0.25) is 0 Å². The number of amides is 3. The normalized spacial score (nSPS) is 18.0. The number of alkyl carbamates (subject to hydrolysis) is 1. The highest BCUT2D eigenvalue weighted by Crippen LogP contribution is 2.24. The molecular formula is C20H34N2O6. The van der Waals surface area contributed by atoms with Gasteiger partial charge in [0, 0.05) is 19.4 Å². The molecule has 3 amide bonds. The molecule has 28 heavy (non-hydrogen) atoms. The number of nitrogens with one attached hydrogen (secondary N) is 1. The summed E-state index contributed by atoms with van der Waals surface area (Å²) in [6.45, 7) is 7.94. The number of imide groups is 1. The molecule has 1 saturated heterocycles. The number of methoxy groups -OCH3 is 1. The first-order valence-corrected chi connectivity index (χ1v) is 9.98. The molecule has 1 unspecified atom stereocenters. The summed E-state index contributed by atoms with van der Waals surface area (Å²) in [6.07, 6.45) is 3.42. The molecule has 160 valence electrons. The highest BCUT2D eigenvalue weighted by Gasteiger charge is 2.40. The zero-order valence-corrected chi connectivity index (χ0v) is 17.7. The summed E-state index contributed by atoms with van der Waals surface area (Å²) in [6, 6.07) is -0.802. The van der Waals surface area contributed by atoms with Crippen molar-refractivity contribution in [2.24, 2.45) is 5.92 Å². The molecule has 0 radical (unpaired) electrons. The summed E-state index contributed by atoms with van der Waals surface area (Å²) in [5, 5.41) is 2.74. The molecule has 0 spiro atoms. The van der Waals surface area contributed by atoms with E-state index in [0.29, 0.717) is 19.4 Å². The minimum Gasteiger partial charge on any atom is -0.467 e. The summed E-state index contributed by atoms with van der Waals surface area (Å²) in [4.78, 5) is 49.1. The second kappa shape index (κ2) is 11.0. The number of ether oxygens (including phenoxy) is 2. The Bertz CT molecular complexity index is 570. The first-order valence-electron chi connectivity index (χ1n) is 9.98. The third kappa shape index (κ3) is 7.86. The topological polar surface area (TPSA) is 102 Å². The van der Waals surface area contributed by atoms with Crippen LogP contribution < -0.4 is 5.32 Å². The Morgan fingerprint density at radius 1 is 1.21 bits per heavy atom. The third-order valence-corrected chi connectivity index (χ3v) is 4.64. The largest absolute Gasteiger partial charge is 0.467 e. The van der Waals surface area contributed by atoms with E-state index in [0.717, 1.165) is 24.2 Å². The number of rotatable bonds is 9. The fraction of sp³-hybridized carbons (Fsp3) is 0.800. The molecule has 1 rings (SSSR count). The zero-order valence-electron chi connectivity index (χ0n) is 17.7. The van der Waals surface area contributed by atoms with Crippen LogP contribution >= 0.6 is 0 Å². The average molecular weight is 399 g/mol. The molecule has 0 bridgehead atoms. The van der Waals surface area contributed by atoms with E-state index in [1.54, 1.807) is 20.8 Å². The van der Waals surface area contributed by atoms with Gasteiger partial charge in [-0.1, -0.05) is 19.8 Å². The van der Waals surface area contributed by atoms with Crippen molar-refractivity contribution in [3.8, 4) is 0 Å². The number of likely N-dealkylation sites (tertiary alicyclic amines) is 1. The van der Waals surface area contributed by atoms with Crippen LogP contribution in [0.15, 0.2) is 0 Å². The minimum atomic E-state index is -0.802. The number of nitrogens with zero attached hydrogens (tertiary/aromatic N) is 1. The standard InChI is InChI=1S/C20H34N2O6/c1-6-7-14(12-13-21-19(26)28-20(2,3)4)8-10-16(23)22-15(18(25)27-5)9-11-17(22)24/h14-15H,6-13H2,1-5H3,(H,21,26)/t14?,15-/m0/s1. The lowest BCUT2D eigenvalue weighted by atomic mass is 9.94. The molecular weight excluding hydrogens is 364 g/mol. The first-order chi connectivity index (χ1) is 13.1. The summed E-state index contributed by atoms with van der Waals surface area (Å²) in [7, 11) is 1.25. The molecule has 0 saturated carbocycles. The third-order valence-electron chi connectivity index (χ3n) is 4.64. The van der Waals surface area contributed by atoms with Crippen LogP contribution in [0.5, 0.6) is 0 Å². The Labute approximate surface area is 167 Å². The highest BCUT2D eigenvalue weighted by molar-refractivity contribution is 6.01. The quantitative estimate of drug-likeness (QED) is 0.599. The highest BCUT2D eigenvalue weighted by atomic mass is 16.6. The summed E-state index contributed by atoms with van der Waals surface area (Å²) in [5.74, 6) is -0.970. The number of hydrogen-bond donors (Lipinski definition) is 1. The summed E-state index contributed by atoms with van der Waals surface area (Å²) >= 11 is 0. The maximum atomic E-state index is 12.5. The molecule has 2 atom stereocenters. The van der Waals surface area contributed by atoms with Crippen LogP contribution in [-0.2, 0) is 23.9 Å². The van der Waals surface area contributed by atoms with Crippen molar-refractivity contribution in [1.82, 2.24) is 10.2 Å². The van der Waals surface area contributed by atoms with E-state index in [-0.39, 0.29) is 30.6 Å². The fourth-order valence-corrected chi connectivity index (χ4v) is 3.34. The molecule has 0 aliphatic carbocycles. The predicted molar refractivity (Wildman–Crippen MR) is 103 cm³/mol. The van der Waals surface area contributed by atoms with Crippen molar-refractivity contribution in [1.29, 1.82) is 0 Å². The van der Waals surface area contributed by atoms with Crippen LogP contribution in [-0.4, -0.2) is 54.1 Å². The second-order valence-electron chi connectivity index (χ2n) is 8.15. The Morgan fingerprint density at radius 2 is 1.89 bits per heavy atom. The van der Waals surface area contributed by atoms with Gasteiger partial charge >= 0.3 is 12.1 Å². The van der Waals surface area contributed by atoms with E-state index < -0.39 is 23.7 Å². The molecule has 0 aromatic heterocycles. The predicted octanol–water partition coefficient (Wildman–Crippen LogP) is 2.79. The van der Waals surface area contributed by atoms with Gasteiger partial charge in [0.1, 0.15) is 11.6 Å². The van der Waals surface area contributed by atoms with Crippen LogP contribution in [0.3, 0.4) is 0 Å². The molecule has 1 N–H and O–H groups in total. The summed E-state index contributed by atoms with van der Waals surface area (Å²) in [5.41, 5.74) is -0.544. The lowest BCUT2D eigenvalue weighted by molar-refractivity contribution is -0.155. The van der Waals surface area contributed by atoms with E-state index >= 15 is 0 Å². The lowest BCUT2D eigenvalue weighted by Crippen LogP contribution is -2.43. The van der Waals surface area contributed by atoms with E-state index in [1.165, 1.54) is 7.11 Å². The monoisotopic (exact) mass is 398 g/mol. The van der Waals surface area contributed by atoms with Crippen molar-refractivity contribution >= 4 is 23.9 Å². The van der Waals surface area contributed by atoms with Crippen molar-refractivity contribution < 1.29 is 28.7 Å². The van der Waals surface area contributed by atoms with E-state index in [2.05, 4.69) is 12.2 Å². The number of carbonyl (C=O) groups is 4. The van der Waals surface area contributed by atoms with E-state index in [9.17, 15) is 19.2 Å². The molecule has 0 aromatic carbocycles. The van der Waals surface area contributed by atoms with Gasteiger partial charge in [-0.05, 0) is 46.0 Å². The molecule has 8 heteroatoms. The summed E-state index contributed by atoms with van der Waals surface area (Å²) < 4.78 is 9.91. The maximum absolute atomic E-state index is 12.5. The van der Waals surface area contributed by atoms with Gasteiger partial charge in [0.2, 0.25) is 11.8 Å². The van der Waals surface area contributed by atoms with Crippen LogP contribution in [0.1, 0.15) is 72.6 Å². The van der Waals surface area contributed by atoms with Gasteiger partial charge in [-0.3, -0.25) is 14.5 Å². The molecule has 8 nitrogen and oxygen atoms in total. The Balaban J connectivity index is 2.51. The number of esters is 1. The average Bonchev–Trinajstić information content (AvgIpc) is 2.98. The van der Waals surface area contributed by atoms with Crippen LogP contribution in [0, 0.1) is 5.92 Å². The van der Waals surface area contributed by atoms with Gasteiger partial charge in [0.25, 0.3) is 0 Å². The van der Waals surface area contributed by atoms with Gasteiger partial charge in [-0.25, -0.2) is 9.59 Å². The Kier molecular flexibility index (Phi) is 9.41. The zero-order chi connectivity index (χ0) is 21.3. The van der Waals surface area contributed by atoms with Crippen molar-refractivity contribution in [3.63, 3.8) is 0 Å². The van der Waals surface area contributed by atoms with E-state index in [4.69, 9.17) is 9.47 Å². The van der Waals surface area contributed by atoms with Crippen molar-refractivity contribution in [2.75, 3.05) is 13.7 Å². The molecule has 1 aliphatic heterocycles. The number of hydrogen-bond acceptors (Lipinski definition) is 6. The SMILES string of the molecule is CCCC(CCNC(=O)OC(C)(C)C)CCC(=O)N1C(=O)CC[C@H]1C(=O)OC. The first kappa shape index (κ1) is 23.9. The molecule has 1 heterocycles. The van der Waals surface area contributed by atoms with Crippen molar-refractivity contribution in [3.05, 3.63) is 0 Å². The number of carbonyl (C=O) groups excluding carboxylic acids is 4. The van der Waals surface area contributed by atoms with Crippen LogP contribution in [0.25, 0.3) is 0 Å². The molecule has 1 aliphatic rings. The van der Waals surface area contributed by atoms with Crippen molar-refractivity contribution in [2.45, 2.75) is 84.3 Å². The van der Waals surface area contributed by atoms with Gasteiger partial charge in [0.15, 0.2) is 0 Å². The fourth-order valence-electron chi connectivity index (χ4n) is 3.34.